The Morgan fingerprint density at radius 2 is 2.24 bits per heavy atom. The highest BCUT2D eigenvalue weighted by Crippen LogP contribution is 2.29. The van der Waals surface area contributed by atoms with Gasteiger partial charge in [0.05, 0.1) is 28.1 Å². The van der Waals surface area contributed by atoms with E-state index in [1.807, 2.05) is 19.9 Å². The number of hydrogen-bond acceptors (Lipinski definition) is 4. The van der Waals surface area contributed by atoms with Gasteiger partial charge in [-0.25, -0.2) is 4.98 Å². The standard InChI is InChI=1S/C23H31N3O2S/c1-16-20(23(27)24-11-10-18-7-4-3-5-8-18)13-22(21-15-29-17(2)25-21)26(16)14-19-9-6-12-28-19/h7,13,15,19H,3-6,8-12,14H2,1-2H3,(H,24,27). The minimum absolute atomic E-state index is 0.0122. The zero-order valence-electron chi connectivity index (χ0n) is 17.5. The summed E-state index contributed by atoms with van der Waals surface area (Å²) in [6.45, 7) is 6.36. The third kappa shape index (κ3) is 4.81. The van der Waals surface area contributed by atoms with Crippen molar-refractivity contribution in [2.45, 2.75) is 71.4 Å². The first-order valence-corrected chi connectivity index (χ1v) is 11.7. The van der Waals surface area contributed by atoms with Gasteiger partial charge in [-0.05, 0) is 64.9 Å². The van der Waals surface area contributed by atoms with Gasteiger partial charge in [-0.1, -0.05) is 11.6 Å². The molecule has 1 N–H and O–H groups in total. The molecule has 1 aliphatic carbocycles. The van der Waals surface area contributed by atoms with Crippen LogP contribution in [0.2, 0.25) is 0 Å². The summed E-state index contributed by atoms with van der Waals surface area (Å²) in [5, 5.41) is 6.25. The van der Waals surface area contributed by atoms with Crippen LogP contribution in [0.1, 0.15) is 66.0 Å². The molecule has 0 radical (unpaired) electrons. The number of allylic oxidation sites excluding steroid dienone is 1. The van der Waals surface area contributed by atoms with Gasteiger partial charge in [0, 0.05) is 30.8 Å². The topological polar surface area (TPSA) is 56.2 Å². The van der Waals surface area contributed by atoms with E-state index in [0.29, 0.717) is 6.54 Å². The molecule has 1 amide bonds. The Bertz CT molecular complexity index is 890. The Morgan fingerprint density at radius 3 is 2.93 bits per heavy atom. The normalized spacial score (nSPS) is 19.4. The molecule has 1 unspecified atom stereocenters. The fourth-order valence-corrected chi connectivity index (χ4v) is 4.97. The number of aryl methyl sites for hydroxylation is 1. The van der Waals surface area contributed by atoms with Crippen LogP contribution >= 0.6 is 11.3 Å². The Morgan fingerprint density at radius 1 is 1.34 bits per heavy atom. The van der Waals surface area contributed by atoms with E-state index in [4.69, 9.17) is 4.74 Å². The van der Waals surface area contributed by atoms with Crippen molar-refractivity contribution in [3.05, 3.63) is 39.4 Å². The summed E-state index contributed by atoms with van der Waals surface area (Å²) in [5.41, 5.74) is 5.20. The first kappa shape index (κ1) is 20.4. The van der Waals surface area contributed by atoms with Gasteiger partial charge in [0.25, 0.3) is 5.91 Å². The molecule has 1 saturated heterocycles. The van der Waals surface area contributed by atoms with E-state index in [9.17, 15) is 4.79 Å². The number of rotatable bonds is 7. The third-order valence-electron chi connectivity index (χ3n) is 6.02. The molecular weight excluding hydrogens is 382 g/mol. The van der Waals surface area contributed by atoms with Crippen LogP contribution in [0, 0.1) is 13.8 Å². The van der Waals surface area contributed by atoms with E-state index in [1.165, 1.54) is 31.3 Å². The monoisotopic (exact) mass is 413 g/mol. The zero-order valence-corrected chi connectivity index (χ0v) is 18.3. The van der Waals surface area contributed by atoms with Crippen LogP contribution in [-0.4, -0.2) is 34.7 Å². The lowest BCUT2D eigenvalue weighted by molar-refractivity contribution is 0.0941. The summed E-state index contributed by atoms with van der Waals surface area (Å²) in [4.78, 5) is 17.6. The second kappa shape index (κ2) is 9.26. The Hall–Kier alpha value is -1.92. The maximum atomic E-state index is 13.0. The maximum absolute atomic E-state index is 13.0. The van der Waals surface area contributed by atoms with Crippen LogP contribution in [0.5, 0.6) is 0 Å². The predicted octanol–water partition coefficient (Wildman–Crippen LogP) is 5.03. The summed E-state index contributed by atoms with van der Waals surface area (Å²) in [7, 11) is 0. The third-order valence-corrected chi connectivity index (χ3v) is 6.79. The summed E-state index contributed by atoms with van der Waals surface area (Å²) in [5.74, 6) is 0.0122. The number of ether oxygens (including phenoxy) is 1. The number of nitrogens with one attached hydrogen (secondary N) is 1. The van der Waals surface area contributed by atoms with Gasteiger partial charge in [0.1, 0.15) is 0 Å². The highest BCUT2D eigenvalue weighted by atomic mass is 32.1. The average molecular weight is 414 g/mol. The average Bonchev–Trinajstić information content (AvgIpc) is 3.45. The SMILES string of the molecule is Cc1nc(-c2cc(C(=O)NCCC3=CCCCC3)c(C)n2CC2CCCO2)cs1. The van der Waals surface area contributed by atoms with E-state index >= 15 is 0 Å². The van der Waals surface area contributed by atoms with Gasteiger partial charge in [0.2, 0.25) is 0 Å². The van der Waals surface area contributed by atoms with Gasteiger partial charge >= 0.3 is 0 Å². The van der Waals surface area contributed by atoms with E-state index in [2.05, 4.69) is 26.3 Å². The largest absolute Gasteiger partial charge is 0.376 e. The predicted molar refractivity (Wildman–Crippen MR) is 117 cm³/mol. The number of aromatic nitrogens is 2. The van der Waals surface area contributed by atoms with E-state index in [1.54, 1.807) is 11.3 Å². The number of amides is 1. The molecule has 4 rings (SSSR count). The summed E-state index contributed by atoms with van der Waals surface area (Å²) >= 11 is 1.64. The first-order chi connectivity index (χ1) is 14.1. The van der Waals surface area contributed by atoms with Gasteiger partial charge in [-0.3, -0.25) is 4.79 Å². The highest BCUT2D eigenvalue weighted by molar-refractivity contribution is 7.09. The van der Waals surface area contributed by atoms with Gasteiger partial charge in [0.15, 0.2) is 0 Å². The molecule has 5 nitrogen and oxygen atoms in total. The molecule has 2 aliphatic rings. The number of hydrogen-bond donors (Lipinski definition) is 1. The minimum atomic E-state index is 0.0122. The summed E-state index contributed by atoms with van der Waals surface area (Å²) in [6.07, 6.45) is 10.6. The van der Waals surface area contributed by atoms with E-state index in [-0.39, 0.29) is 12.0 Å². The molecular formula is C23H31N3O2S. The smallest absolute Gasteiger partial charge is 0.253 e. The molecule has 2 aromatic heterocycles. The second-order valence-electron chi connectivity index (χ2n) is 8.14. The molecule has 6 heteroatoms. The molecule has 2 aromatic rings. The van der Waals surface area contributed by atoms with Crippen molar-refractivity contribution in [3.63, 3.8) is 0 Å². The van der Waals surface area contributed by atoms with Crippen molar-refractivity contribution in [1.29, 1.82) is 0 Å². The van der Waals surface area contributed by atoms with Crippen molar-refractivity contribution in [3.8, 4) is 11.4 Å². The number of carbonyl (C=O) groups is 1. The van der Waals surface area contributed by atoms with Crippen LogP contribution in [0.4, 0.5) is 0 Å². The van der Waals surface area contributed by atoms with Crippen molar-refractivity contribution < 1.29 is 9.53 Å². The quantitative estimate of drug-likeness (QED) is 0.648. The van der Waals surface area contributed by atoms with Gasteiger partial charge < -0.3 is 14.6 Å². The molecule has 0 spiro atoms. The van der Waals surface area contributed by atoms with Crippen LogP contribution in [-0.2, 0) is 11.3 Å². The molecule has 29 heavy (non-hydrogen) atoms. The first-order valence-electron chi connectivity index (χ1n) is 10.8. The molecule has 1 fully saturated rings. The second-order valence-corrected chi connectivity index (χ2v) is 9.20. The molecule has 1 atom stereocenters. The Balaban J connectivity index is 1.51. The summed E-state index contributed by atoms with van der Waals surface area (Å²) in [6, 6.07) is 2.01. The van der Waals surface area contributed by atoms with E-state index in [0.717, 1.165) is 60.1 Å². The van der Waals surface area contributed by atoms with E-state index < -0.39 is 0 Å². The molecule has 1 aliphatic heterocycles. The lowest BCUT2D eigenvalue weighted by Gasteiger charge is -2.16. The van der Waals surface area contributed by atoms with Crippen LogP contribution in [0.3, 0.4) is 0 Å². The van der Waals surface area contributed by atoms with Gasteiger partial charge in [-0.15, -0.1) is 11.3 Å². The van der Waals surface area contributed by atoms with Crippen LogP contribution in [0.25, 0.3) is 11.4 Å². The van der Waals surface area contributed by atoms with Crippen molar-refractivity contribution in [2.24, 2.45) is 0 Å². The Kier molecular flexibility index (Phi) is 6.50. The zero-order chi connectivity index (χ0) is 20.2. The lowest BCUT2D eigenvalue weighted by Crippen LogP contribution is -2.25. The van der Waals surface area contributed by atoms with Crippen molar-refractivity contribution >= 4 is 17.2 Å². The number of thiazole rings is 1. The number of carbonyl (C=O) groups excluding carboxylic acids is 1. The molecule has 156 valence electrons. The highest BCUT2D eigenvalue weighted by Gasteiger charge is 2.24. The minimum Gasteiger partial charge on any atom is -0.376 e. The van der Waals surface area contributed by atoms with Crippen LogP contribution < -0.4 is 5.32 Å². The Labute approximate surface area is 177 Å². The summed E-state index contributed by atoms with van der Waals surface area (Å²) < 4.78 is 8.09. The van der Waals surface area contributed by atoms with Gasteiger partial charge in [-0.2, -0.15) is 0 Å². The lowest BCUT2D eigenvalue weighted by atomic mass is 9.97. The fraction of sp³-hybridized carbons (Fsp3) is 0.565. The maximum Gasteiger partial charge on any atom is 0.253 e. The number of nitrogens with zero attached hydrogens (tertiary/aromatic N) is 2. The molecule has 0 bridgehead atoms. The molecule has 3 heterocycles. The van der Waals surface area contributed by atoms with Crippen molar-refractivity contribution in [1.82, 2.24) is 14.9 Å². The molecule has 0 saturated carbocycles. The van der Waals surface area contributed by atoms with Crippen LogP contribution in [0.15, 0.2) is 23.1 Å². The fourth-order valence-electron chi connectivity index (χ4n) is 4.36. The van der Waals surface area contributed by atoms with Crippen molar-refractivity contribution in [2.75, 3.05) is 13.2 Å². The molecule has 0 aromatic carbocycles.